The van der Waals surface area contributed by atoms with Gasteiger partial charge in [-0.3, -0.25) is 4.79 Å². The molecule has 1 fully saturated rings. The Bertz CT molecular complexity index is 502. The summed E-state index contributed by atoms with van der Waals surface area (Å²) in [5.74, 6) is -1.47. The van der Waals surface area contributed by atoms with Crippen molar-refractivity contribution in [1.29, 1.82) is 0 Å². The van der Waals surface area contributed by atoms with Gasteiger partial charge in [-0.15, -0.1) is 0 Å². The van der Waals surface area contributed by atoms with E-state index in [1.165, 1.54) is 0 Å². The fourth-order valence-corrected chi connectivity index (χ4v) is 3.02. The summed E-state index contributed by atoms with van der Waals surface area (Å²) in [4.78, 5) is 23.1. The molecule has 0 saturated carbocycles. The highest BCUT2D eigenvalue weighted by atomic mass is 16.4. The van der Waals surface area contributed by atoms with Crippen LogP contribution in [0.15, 0.2) is 30.3 Å². The lowest BCUT2D eigenvalue weighted by molar-refractivity contribution is -0.901. The highest BCUT2D eigenvalue weighted by molar-refractivity contribution is 5.70. The quantitative estimate of drug-likeness (QED) is 0.833. The molecule has 0 aromatic heterocycles. The molecule has 1 aliphatic rings. The first-order chi connectivity index (χ1) is 9.45. The molecule has 108 valence electrons. The van der Waals surface area contributed by atoms with Gasteiger partial charge >= 0.3 is 12.1 Å². The van der Waals surface area contributed by atoms with Crippen molar-refractivity contribution < 1.29 is 24.3 Å². The number of piperidine rings is 1. The van der Waals surface area contributed by atoms with Crippen molar-refractivity contribution in [2.24, 2.45) is 5.92 Å². The highest BCUT2D eigenvalue weighted by Crippen LogP contribution is 2.32. The van der Waals surface area contributed by atoms with E-state index >= 15 is 0 Å². The minimum atomic E-state index is -0.938. The molecule has 5 heteroatoms. The molecule has 2 rings (SSSR count). The third kappa shape index (κ3) is 2.67. The van der Waals surface area contributed by atoms with Gasteiger partial charge in [0.1, 0.15) is 19.0 Å². The van der Waals surface area contributed by atoms with E-state index in [-0.39, 0.29) is 17.1 Å². The second-order valence-electron chi connectivity index (χ2n) is 5.60. The predicted octanol–water partition coefficient (Wildman–Crippen LogP) is 2.56. The zero-order valence-corrected chi connectivity index (χ0v) is 11.5. The number of hydrogen-bond donors (Lipinski definition) is 2. The molecule has 1 heterocycles. The maximum absolute atomic E-state index is 11.8. The van der Waals surface area contributed by atoms with Crippen LogP contribution < -0.4 is 0 Å². The largest absolute Gasteiger partial charge is 0.514 e. The minimum Gasteiger partial charge on any atom is -0.481 e. The average molecular weight is 278 g/mol. The van der Waals surface area contributed by atoms with Gasteiger partial charge < -0.3 is 10.2 Å². The maximum Gasteiger partial charge on any atom is 0.514 e. The number of quaternary nitrogens is 1. The number of amides is 1. The normalized spacial score (nSPS) is 29.9. The van der Waals surface area contributed by atoms with Crippen molar-refractivity contribution in [2.45, 2.75) is 32.4 Å². The molecule has 0 spiro atoms. The molecule has 0 radical (unpaired) electrons. The van der Waals surface area contributed by atoms with E-state index in [9.17, 15) is 19.8 Å². The van der Waals surface area contributed by atoms with Gasteiger partial charge in [0, 0.05) is 12.0 Å². The fourth-order valence-electron chi connectivity index (χ4n) is 3.02. The molecule has 0 bridgehead atoms. The first-order valence-corrected chi connectivity index (χ1v) is 6.82. The van der Waals surface area contributed by atoms with Crippen LogP contribution in [-0.4, -0.2) is 39.3 Å². The molecular weight excluding hydrogens is 258 g/mol. The minimum absolute atomic E-state index is 0.0803. The van der Waals surface area contributed by atoms with E-state index in [1.807, 2.05) is 37.3 Å². The van der Waals surface area contributed by atoms with Gasteiger partial charge in [-0.2, -0.15) is 4.79 Å². The Morgan fingerprint density at radius 3 is 2.40 bits per heavy atom. The van der Waals surface area contributed by atoms with Crippen molar-refractivity contribution in [1.82, 2.24) is 0 Å². The Hall–Kier alpha value is -1.88. The lowest BCUT2D eigenvalue weighted by Gasteiger charge is -2.43. The molecule has 1 aromatic carbocycles. The summed E-state index contributed by atoms with van der Waals surface area (Å²) in [7, 11) is 0. The Kier molecular flexibility index (Phi) is 4.09. The summed E-state index contributed by atoms with van der Waals surface area (Å²) in [5, 5.41) is 18.9. The van der Waals surface area contributed by atoms with E-state index in [2.05, 4.69) is 0 Å². The van der Waals surface area contributed by atoms with Gasteiger partial charge in [0.2, 0.25) is 0 Å². The van der Waals surface area contributed by atoms with Gasteiger partial charge in [0.05, 0.1) is 6.04 Å². The van der Waals surface area contributed by atoms with Gasteiger partial charge in [-0.05, 0) is 13.3 Å². The molecular formula is C15H20NO4+. The van der Waals surface area contributed by atoms with Crippen LogP contribution in [0.5, 0.6) is 0 Å². The van der Waals surface area contributed by atoms with Gasteiger partial charge in [-0.1, -0.05) is 30.3 Å². The summed E-state index contributed by atoms with van der Waals surface area (Å²) < 4.78 is -0.193. The van der Waals surface area contributed by atoms with Crippen LogP contribution in [0.4, 0.5) is 4.79 Å². The number of aliphatic carboxylic acids is 1. The number of benzene rings is 1. The number of rotatable bonds is 3. The smallest absolute Gasteiger partial charge is 0.481 e. The van der Waals surface area contributed by atoms with Crippen molar-refractivity contribution in [2.75, 3.05) is 6.54 Å². The van der Waals surface area contributed by atoms with Crippen LogP contribution in [0, 0.1) is 5.92 Å². The van der Waals surface area contributed by atoms with E-state index < -0.39 is 18.0 Å². The number of carbonyl (C=O) groups is 2. The van der Waals surface area contributed by atoms with Crippen LogP contribution in [0.25, 0.3) is 0 Å². The van der Waals surface area contributed by atoms with Crippen LogP contribution in [0.1, 0.15) is 25.3 Å². The Labute approximate surface area is 118 Å². The first kappa shape index (κ1) is 14.5. The third-order valence-corrected chi connectivity index (χ3v) is 4.36. The maximum atomic E-state index is 11.8. The fraction of sp³-hybridized carbons (Fsp3) is 0.467. The average Bonchev–Trinajstić information content (AvgIpc) is 2.42. The van der Waals surface area contributed by atoms with Gasteiger partial charge in [0.25, 0.3) is 0 Å². The van der Waals surface area contributed by atoms with Crippen LogP contribution in [-0.2, 0) is 11.3 Å². The Morgan fingerprint density at radius 1 is 1.20 bits per heavy atom. The number of nitrogens with zero attached hydrogens (tertiary/aromatic N) is 1. The number of carboxylic acids is 1. The van der Waals surface area contributed by atoms with E-state index in [0.29, 0.717) is 19.4 Å². The second kappa shape index (κ2) is 5.63. The zero-order chi connectivity index (χ0) is 14.8. The van der Waals surface area contributed by atoms with E-state index in [4.69, 9.17) is 0 Å². The summed E-state index contributed by atoms with van der Waals surface area (Å²) in [6.45, 7) is 2.39. The van der Waals surface area contributed by atoms with Crippen molar-refractivity contribution in [3.05, 3.63) is 35.9 Å². The van der Waals surface area contributed by atoms with Crippen LogP contribution in [0.3, 0.4) is 0 Å². The molecule has 0 aliphatic carbocycles. The number of carboxylic acid groups (broad SMARTS) is 2. The van der Waals surface area contributed by atoms with Gasteiger partial charge in [-0.25, -0.2) is 4.48 Å². The second-order valence-corrected chi connectivity index (χ2v) is 5.60. The number of likely N-dealkylation sites (tertiary alicyclic amines) is 1. The molecule has 1 amide bonds. The van der Waals surface area contributed by atoms with Crippen molar-refractivity contribution in [3.8, 4) is 0 Å². The lowest BCUT2D eigenvalue weighted by Crippen LogP contribution is -2.62. The topological polar surface area (TPSA) is 74.6 Å². The van der Waals surface area contributed by atoms with Crippen molar-refractivity contribution in [3.63, 3.8) is 0 Å². The number of hydrogen-bond acceptors (Lipinski definition) is 2. The predicted molar refractivity (Wildman–Crippen MR) is 73.1 cm³/mol. The molecule has 5 nitrogen and oxygen atoms in total. The summed E-state index contributed by atoms with van der Waals surface area (Å²) in [5.41, 5.74) is 0.924. The Balaban J connectivity index is 2.32. The monoisotopic (exact) mass is 278 g/mol. The van der Waals surface area contributed by atoms with Crippen molar-refractivity contribution >= 4 is 12.1 Å². The first-order valence-electron chi connectivity index (χ1n) is 6.82. The summed E-state index contributed by atoms with van der Waals surface area (Å²) in [6, 6.07) is 9.32. The third-order valence-electron chi connectivity index (χ3n) is 4.36. The molecule has 1 aromatic rings. The SMILES string of the molecule is CC1CCC(C(=O)O)C[N+]1(Cc1ccccc1)C(=O)O. The summed E-state index contributed by atoms with van der Waals surface area (Å²) >= 11 is 0. The zero-order valence-electron chi connectivity index (χ0n) is 11.5. The molecule has 1 aliphatic heterocycles. The van der Waals surface area contributed by atoms with E-state index in [0.717, 1.165) is 5.56 Å². The lowest BCUT2D eigenvalue weighted by atomic mass is 9.90. The summed E-state index contributed by atoms with van der Waals surface area (Å²) in [6.07, 6.45) is 0.238. The molecule has 2 N–H and O–H groups in total. The molecule has 20 heavy (non-hydrogen) atoms. The standard InChI is InChI=1S/C15H19NO4/c1-11-7-8-13(14(17)18)10-16(11,15(19)20)9-12-5-3-2-4-6-12/h2-6,11,13H,7-10H2,1H3,(H-,17,18,19,20)/p+1. The Morgan fingerprint density at radius 2 is 1.85 bits per heavy atom. The highest BCUT2D eigenvalue weighted by Gasteiger charge is 2.49. The molecule has 3 atom stereocenters. The van der Waals surface area contributed by atoms with Crippen LogP contribution >= 0.6 is 0 Å². The van der Waals surface area contributed by atoms with Crippen LogP contribution in [0.2, 0.25) is 0 Å². The molecule has 3 unspecified atom stereocenters. The van der Waals surface area contributed by atoms with E-state index in [1.54, 1.807) is 0 Å². The molecule has 1 saturated heterocycles. The van der Waals surface area contributed by atoms with Gasteiger partial charge in [0.15, 0.2) is 0 Å².